The lowest BCUT2D eigenvalue weighted by Gasteiger charge is -2.31. The molecular formula is C27H35N3O3S. The number of rotatable bonds is 9. The second kappa shape index (κ2) is 11.1. The van der Waals surface area contributed by atoms with Crippen molar-refractivity contribution in [3.8, 4) is 11.5 Å². The van der Waals surface area contributed by atoms with E-state index < -0.39 is 0 Å². The van der Waals surface area contributed by atoms with Crippen molar-refractivity contribution in [1.29, 1.82) is 0 Å². The van der Waals surface area contributed by atoms with Crippen LogP contribution in [0.25, 0.3) is 10.2 Å². The van der Waals surface area contributed by atoms with Gasteiger partial charge in [-0.3, -0.25) is 4.79 Å². The lowest BCUT2D eigenvalue weighted by molar-refractivity contribution is -0.125. The third-order valence-corrected chi connectivity index (χ3v) is 7.27. The van der Waals surface area contributed by atoms with E-state index in [2.05, 4.69) is 36.2 Å². The Hall–Kier alpha value is -2.80. The molecule has 182 valence electrons. The van der Waals surface area contributed by atoms with E-state index >= 15 is 0 Å². The summed E-state index contributed by atoms with van der Waals surface area (Å²) in [4.78, 5) is 20.1. The molecule has 1 unspecified atom stereocenters. The van der Waals surface area contributed by atoms with Gasteiger partial charge in [0.25, 0.3) is 0 Å². The third-order valence-electron chi connectivity index (χ3n) is 6.20. The molecular weight excluding hydrogens is 446 g/mol. The van der Waals surface area contributed by atoms with Gasteiger partial charge in [0.1, 0.15) is 0 Å². The average Bonchev–Trinajstić information content (AvgIpc) is 3.25. The maximum atomic E-state index is 12.9. The molecule has 1 atom stereocenters. The highest BCUT2D eigenvalue weighted by Gasteiger charge is 2.27. The van der Waals surface area contributed by atoms with E-state index in [1.54, 1.807) is 11.3 Å². The molecule has 6 nitrogen and oxygen atoms in total. The van der Waals surface area contributed by atoms with E-state index in [9.17, 15) is 4.79 Å². The number of fused-ring (bicyclic) bond motifs is 1. The predicted molar refractivity (Wildman–Crippen MR) is 140 cm³/mol. The number of anilines is 1. The second-order valence-corrected chi connectivity index (χ2v) is 9.91. The SMILES string of the molecule is CCOc1ccc(CCNC(=O)C2CCCN(c3nc4c(C)cc(C)cc4s3)C2)cc1OCC. The lowest BCUT2D eigenvalue weighted by atomic mass is 9.97. The van der Waals surface area contributed by atoms with Gasteiger partial charge in [-0.25, -0.2) is 4.98 Å². The van der Waals surface area contributed by atoms with Crippen LogP contribution in [-0.4, -0.2) is 43.7 Å². The number of hydrogen-bond donors (Lipinski definition) is 1. The van der Waals surface area contributed by atoms with Gasteiger partial charge >= 0.3 is 0 Å². The van der Waals surface area contributed by atoms with Crippen LogP contribution in [0, 0.1) is 19.8 Å². The number of carbonyl (C=O) groups excluding carboxylic acids is 1. The summed E-state index contributed by atoms with van der Waals surface area (Å²) in [7, 11) is 0. The van der Waals surface area contributed by atoms with E-state index in [4.69, 9.17) is 14.5 Å². The summed E-state index contributed by atoms with van der Waals surface area (Å²) >= 11 is 1.73. The van der Waals surface area contributed by atoms with Crippen LogP contribution in [0.15, 0.2) is 30.3 Å². The molecule has 3 aromatic rings. The van der Waals surface area contributed by atoms with Gasteiger partial charge in [0.15, 0.2) is 16.6 Å². The van der Waals surface area contributed by atoms with Gasteiger partial charge in [-0.15, -0.1) is 0 Å². The molecule has 1 aliphatic rings. The number of carbonyl (C=O) groups is 1. The smallest absolute Gasteiger partial charge is 0.224 e. The van der Waals surface area contributed by atoms with Crippen molar-refractivity contribution < 1.29 is 14.3 Å². The Morgan fingerprint density at radius 3 is 2.74 bits per heavy atom. The van der Waals surface area contributed by atoms with Crippen molar-refractivity contribution in [3.63, 3.8) is 0 Å². The molecule has 1 amide bonds. The zero-order chi connectivity index (χ0) is 24.1. The number of aryl methyl sites for hydroxylation is 2. The molecule has 1 aromatic heterocycles. The minimum Gasteiger partial charge on any atom is -0.490 e. The van der Waals surface area contributed by atoms with Crippen LogP contribution in [0.1, 0.15) is 43.4 Å². The van der Waals surface area contributed by atoms with Crippen LogP contribution in [-0.2, 0) is 11.2 Å². The van der Waals surface area contributed by atoms with Gasteiger partial charge in [0, 0.05) is 19.6 Å². The van der Waals surface area contributed by atoms with Crippen molar-refractivity contribution >= 4 is 32.6 Å². The van der Waals surface area contributed by atoms with Gasteiger partial charge < -0.3 is 19.7 Å². The van der Waals surface area contributed by atoms with Gasteiger partial charge in [0.05, 0.1) is 29.3 Å². The molecule has 1 N–H and O–H groups in total. The molecule has 2 aromatic carbocycles. The molecule has 34 heavy (non-hydrogen) atoms. The summed E-state index contributed by atoms with van der Waals surface area (Å²) in [6.45, 7) is 11.6. The third kappa shape index (κ3) is 5.63. The highest BCUT2D eigenvalue weighted by atomic mass is 32.1. The summed E-state index contributed by atoms with van der Waals surface area (Å²) in [5, 5.41) is 4.18. The fourth-order valence-corrected chi connectivity index (χ4v) is 5.76. The molecule has 0 bridgehead atoms. The number of nitrogens with one attached hydrogen (secondary N) is 1. The van der Waals surface area contributed by atoms with E-state index in [1.165, 1.54) is 15.8 Å². The maximum Gasteiger partial charge on any atom is 0.224 e. The number of benzene rings is 2. The summed E-state index contributed by atoms with van der Waals surface area (Å²) in [5.74, 6) is 1.65. The average molecular weight is 482 g/mol. The Morgan fingerprint density at radius 1 is 1.15 bits per heavy atom. The van der Waals surface area contributed by atoms with Gasteiger partial charge in [-0.05, 0) is 81.8 Å². The zero-order valence-electron chi connectivity index (χ0n) is 20.6. The summed E-state index contributed by atoms with van der Waals surface area (Å²) in [5.41, 5.74) is 4.68. The summed E-state index contributed by atoms with van der Waals surface area (Å²) < 4.78 is 12.6. The highest BCUT2D eigenvalue weighted by molar-refractivity contribution is 7.22. The zero-order valence-corrected chi connectivity index (χ0v) is 21.5. The first-order valence-electron chi connectivity index (χ1n) is 12.3. The molecule has 1 saturated heterocycles. The molecule has 1 aliphatic heterocycles. The minimum absolute atomic E-state index is 0.0112. The summed E-state index contributed by atoms with van der Waals surface area (Å²) in [6.07, 6.45) is 2.68. The van der Waals surface area contributed by atoms with Crippen molar-refractivity contribution in [1.82, 2.24) is 10.3 Å². The number of thiazole rings is 1. The van der Waals surface area contributed by atoms with Gasteiger partial charge in [-0.2, -0.15) is 0 Å². The summed E-state index contributed by atoms with van der Waals surface area (Å²) in [6, 6.07) is 10.4. The van der Waals surface area contributed by atoms with Crippen LogP contribution in [0.3, 0.4) is 0 Å². The Labute approximate surface area is 206 Å². The Morgan fingerprint density at radius 2 is 1.94 bits per heavy atom. The molecule has 1 fully saturated rings. The quantitative estimate of drug-likeness (QED) is 0.450. The van der Waals surface area contributed by atoms with Crippen LogP contribution < -0.4 is 19.7 Å². The van der Waals surface area contributed by atoms with E-state index in [-0.39, 0.29) is 11.8 Å². The number of ether oxygens (including phenoxy) is 2. The highest BCUT2D eigenvalue weighted by Crippen LogP contribution is 2.34. The van der Waals surface area contributed by atoms with E-state index in [0.717, 1.165) is 60.1 Å². The molecule has 0 saturated carbocycles. The Bertz CT molecular complexity index is 1140. The first-order chi connectivity index (χ1) is 16.5. The van der Waals surface area contributed by atoms with Crippen molar-refractivity contribution in [2.24, 2.45) is 5.92 Å². The first-order valence-corrected chi connectivity index (χ1v) is 13.1. The van der Waals surface area contributed by atoms with Crippen molar-refractivity contribution in [2.45, 2.75) is 47.0 Å². The normalized spacial score (nSPS) is 16.0. The monoisotopic (exact) mass is 481 g/mol. The van der Waals surface area contributed by atoms with Crippen LogP contribution in [0.4, 0.5) is 5.13 Å². The standard InChI is InChI=1S/C27H35N3O3S/c1-5-32-22-10-9-20(16-23(22)33-6-2)11-12-28-26(31)21-8-7-13-30(17-21)27-29-25-19(4)14-18(3)15-24(25)34-27/h9-10,14-16,21H,5-8,11-13,17H2,1-4H3,(H,28,31). The number of nitrogens with zero attached hydrogens (tertiary/aromatic N) is 2. The van der Waals surface area contributed by atoms with Crippen molar-refractivity contribution in [3.05, 3.63) is 47.0 Å². The molecule has 7 heteroatoms. The number of aromatic nitrogens is 1. The Balaban J connectivity index is 1.34. The largest absolute Gasteiger partial charge is 0.490 e. The van der Waals surface area contributed by atoms with Crippen molar-refractivity contribution in [2.75, 3.05) is 37.7 Å². The van der Waals surface area contributed by atoms with Gasteiger partial charge in [0.2, 0.25) is 5.91 Å². The fraction of sp³-hybridized carbons (Fsp3) is 0.481. The fourth-order valence-electron chi connectivity index (χ4n) is 4.58. The van der Waals surface area contributed by atoms with E-state index in [0.29, 0.717) is 19.8 Å². The second-order valence-electron chi connectivity index (χ2n) is 8.90. The van der Waals surface area contributed by atoms with Gasteiger partial charge in [-0.1, -0.05) is 23.5 Å². The topological polar surface area (TPSA) is 63.7 Å². The number of hydrogen-bond acceptors (Lipinski definition) is 6. The molecule has 4 rings (SSSR count). The number of amides is 1. The predicted octanol–water partition coefficient (Wildman–Crippen LogP) is 5.29. The maximum absolute atomic E-state index is 12.9. The number of piperidine rings is 1. The first kappa shape index (κ1) is 24.3. The minimum atomic E-state index is -0.0112. The van der Waals surface area contributed by atoms with Crippen LogP contribution >= 0.6 is 11.3 Å². The van der Waals surface area contributed by atoms with E-state index in [1.807, 2.05) is 32.0 Å². The van der Waals surface area contributed by atoms with Crippen LogP contribution in [0.5, 0.6) is 11.5 Å². The lowest BCUT2D eigenvalue weighted by Crippen LogP contribution is -2.43. The molecule has 2 heterocycles. The molecule has 0 aliphatic carbocycles. The molecule has 0 spiro atoms. The molecule has 0 radical (unpaired) electrons. The van der Waals surface area contributed by atoms with Crippen LogP contribution in [0.2, 0.25) is 0 Å². The Kier molecular flexibility index (Phi) is 7.93.